The number of ketones is 4. The lowest BCUT2D eigenvalue weighted by atomic mass is 9.90. The summed E-state index contributed by atoms with van der Waals surface area (Å²) < 4.78 is 0. The Morgan fingerprint density at radius 3 is 1.99 bits per heavy atom. The Morgan fingerprint density at radius 2 is 1.38 bits per heavy atom. The van der Waals surface area contributed by atoms with Crippen LogP contribution in [0.2, 0.25) is 0 Å². The smallest absolute Gasteiger partial charge is 0.304 e. The first-order valence-electron chi connectivity index (χ1n) is 24.0. The molecule has 2 bridgehead atoms. The van der Waals surface area contributed by atoms with Crippen LogP contribution in [-0.4, -0.2) is 142 Å². The lowest BCUT2D eigenvalue weighted by Crippen LogP contribution is -2.53. The molecule has 0 radical (unpaired) electrons. The van der Waals surface area contributed by atoms with E-state index in [9.17, 15) is 53.1 Å². The van der Waals surface area contributed by atoms with Crippen LogP contribution in [0.15, 0.2) is 35.3 Å². The minimum Gasteiger partial charge on any atom is -0.481 e. The largest absolute Gasteiger partial charge is 0.481 e. The number of aliphatic carboxylic acids is 1. The number of nitrogens with two attached hydrogens (primary N) is 2. The molecule has 0 spiro atoms. The molecule has 0 aliphatic carbocycles. The molecule has 5 amide bonds. The van der Waals surface area contributed by atoms with Crippen LogP contribution in [0.4, 0.5) is 0 Å². The van der Waals surface area contributed by atoms with Gasteiger partial charge in [-0.25, -0.2) is 0 Å². The highest BCUT2D eigenvalue weighted by Crippen LogP contribution is 2.27. The zero-order valence-corrected chi connectivity index (χ0v) is 43.8. The standard InChI is InChI=1S/C48H73N9O11S3/c1-28(2)42(64)37-24-69-27-40(61)54-34(15-9-10-17-53-48(3,4)5)46(68)56-36-26-71-70-25-35(39(60)21-31(44(66)57-37)18-29-12-7-6-8-13-29)55-45(67)32(22-41(62)63)19-33(58)23-52-43(65)30(20-38(36)59)14-11-16-51-47(49)50/h6-8,12-13,28,30-32,34-37,53H,9-11,14-27H2,1-5H3,(H,52,65)(H,54,61)(H,55,67)(H,56,68)(H,57,66)(H,62,63)(H4,49,50,51)/t30-,31-,32+,34+,35+,36+,37+/m1/s1. The molecule has 1 aromatic rings. The monoisotopic (exact) mass is 1050 g/mol. The van der Waals surface area contributed by atoms with Crippen molar-refractivity contribution in [2.45, 2.75) is 129 Å². The van der Waals surface area contributed by atoms with Gasteiger partial charge in [-0.2, -0.15) is 0 Å². The normalized spacial score (nSPS) is 24.6. The van der Waals surface area contributed by atoms with Crippen LogP contribution >= 0.6 is 33.3 Å². The highest BCUT2D eigenvalue weighted by atomic mass is 33.1. The van der Waals surface area contributed by atoms with Gasteiger partial charge in [0, 0.05) is 66.4 Å². The van der Waals surface area contributed by atoms with E-state index in [0.717, 1.165) is 33.3 Å². The molecule has 0 saturated carbocycles. The summed E-state index contributed by atoms with van der Waals surface area (Å²) >= 11 is 1.07. The summed E-state index contributed by atoms with van der Waals surface area (Å²) in [5.74, 6) is -11.7. The molecular weight excluding hydrogens is 975 g/mol. The molecular formula is C48H73N9O11S3. The van der Waals surface area contributed by atoms with Crippen LogP contribution in [0, 0.1) is 23.7 Å². The van der Waals surface area contributed by atoms with E-state index in [4.69, 9.17) is 11.5 Å². The zero-order chi connectivity index (χ0) is 52.7. The van der Waals surface area contributed by atoms with E-state index in [1.54, 1.807) is 44.2 Å². The van der Waals surface area contributed by atoms with Gasteiger partial charge in [0.25, 0.3) is 0 Å². The van der Waals surface area contributed by atoms with Crippen LogP contribution in [0.5, 0.6) is 0 Å². The number of benzene rings is 1. The molecule has 2 aliphatic rings. The van der Waals surface area contributed by atoms with Gasteiger partial charge in [0.1, 0.15) is 6.04 Å². The van der Waals surface area contributed by atoms with Crippen molar-refractivity contribution >= 4 is 97.9 Å². The van der Waals surface area contributed by atoms with Crippen molar-refractivity contribution in [3.63, 3.8) is 0 Å². The molecule has 7 atom stereocenters. The lowest BCUT2D eigenvalue weighted by Gasteiger charge is -2.26. The zero-order valence-electron chi connectivity index (χ0n) is 41.4. The third kappa shape index (κ3) is 23.4. The fourth-order valence-electron chi connectivity index (χ4n) is 7.77. The van der Waals surface area contributed by atoms with Crippen molar-refractivity contribution in [1.29, 1.82) is 0 Å². The average molecular weight is 1050 g/mol. The van der Waals surface area contributed by atoms with E-state index < -0.39 is 133 Å². The molecule has 2 saturated heterocycles. The number of aliphatic imine (C=N–C) groups is 1. The number of rotatable bonds is 15. The first kappa shape index (κ1) is 60.3. The van der Waals surface area contributed by atoms with Crippen molar-refractivity contribution in [2.24, 2.45) is 40.1 Å². The number of guanidine groups is 1. The van der Waals surface area contributed by atoms with Gasteiger partial charge >= 0.3 is 5.97 Å². The highest BCUT2D eigenvalue weighted by Gasteiger charge is 2.36. The maximum absolute atomic E-state index is 14.5. The number of fused-ring (bicyclic) bond motifs is 5. The predicted molar refractivity (Wildman–Crippen MR) is 276 cm³/mol. The van der Waals surface area contributed by atoms with E-state index in [1.165, 1.54) is 0 Å². The fourth-order valence-corrected chi connectivity index (χ4v) is 11.0. The SMILES string of the molecule is CC(C)C(=O)[C@@H]1CSCC(=O)N[C@@H](CCCCNC(C)(C)C)C(=O)N[C@H]2CSSC[C@H](NC(=O)[C@H](CC(=O)O)CC(=O)CNC(=O)[C@H](CCCN=C(N)N)CC2=O)C(=O)C[C@@H](Cc2ccccc2)C(=O)N1. The van der Waals surface area contributed by atoms with Gasteiger partial charge in [-0.1, -0.05) is 65.8 Å². The number of carboxylic acid groups (broad SMARTS) is 1. The molecule has 3 rings (SSSR count). The number of carboxylic acids is 1. The van der Waals surface area contributed by atoms with Crippen molar-refractivity contribution in [3.05, 3.63) is 35.9 Å². The molecule has 2 fully saturated rings. The van der Waals surface area contributed by atoms with Gasteiger partial charge in [-0.3, -0.25) is 52.9 Å². The Labute approximate surface area is 428 Å². The Balaban J connectivity index is 2.16. The van der Waals surface area contributed by atoms with Crippen LogP contribution < -0.4 is 43.4 Å². The molecule has 11 N–H and O–H groups in total. The first-order valence-corrected chi connectivity index (χ1v) is 27.6. The van der Waals surface area contributed by atoms with E-state index in [-0.39, 0.29) is 72.5 Å². The molecule has 0 unspecified atom stereocenters. The molecule has 23 heteroatoms. The maximum atomic E-state index is 14.5. The number of hydrogen-bond donors (Lipinski definition) is 9. The van der Waals surface area contributed by atoms with E-state index in [1.807, 2.05) is 20.8 Å². The van der Waals surface area contributed by atoms with Crippen LogP contribution in [0.25, 0.3) is 0 Å². The molecule has 20 nitrogen and oxygen atoms in total. The van der Waals surface area contributed by atoms with Gasteiger partial charge in [0.2, 0.25) is 29.5 Å². The molecule has 394 valence electrons. The summed E-state index contributed by atoms with van der Waals surface area (Å²) in [7, 11) is 2.15. The average Bonchev–Trinajstić information content (AvgIpc) is 3.29. The summed E-state index contributed by atoms with van der Waals surface area (Å²) in [5.41, 5.74) is 11.5. The summed E-state index contributed by atoms with van der Waals surface area (Å²) in [6, 6.07) is 4.13. The topological polar surface area (TPSA) is 328 Å². The van der Waals surface area contributed by atoms with Crippen molar-refractivity contribution in [1.82, 2.24) is 31.9 Å². The van der Waals surface area contributed by atoms with Crippen LogP contribution in [-0.2, 0) is 54.4 Å². The Bertz CT molecular complexity index is 2050. The number of Topliss-reactive ketones (excluding diaryl/α,β-unsaturated/α-hetero) is 4. The molecule has 2 heterocycles. The Kier molecular flexibility index (Phi) is 26.1. The fraction of sp³-hybridized carbons (Fsp3) is 0.646. The minimum absolute atomic E-state index is 0.0228. The second-order valence-electron chi connectivity index (χ2n) is 19.2. The predicted octanol–water partition coefficient (Wildman–Crippen LogP) is 1.46. The van der Waals surface area contributed by atoms with Crippen molar-refractivity contribution < 1.29 is 53.1 Å². The third-order valence-electron chi connectivity index (χ3n) is 11.6. The number of carbonyl (C=O) groups is 10. The number of nitrogens with one attached hydrogen (secondary N) is 6. The van der Waals surface area contributed by atoms with E-state index in [0.29, 0.717) is 24.9 Å². The summed E-state index contributed by atoms with van der Waals surface area (Å²) in [6.45, 7) is 9.55. The van der Waals surface area contributed by atoms with Gasteiger partial charge < -0.3 is 48.5 Å². The van der Waals surface area contributed by atoms with Gasteiger partial charge in [0.05, 0.1) is 42.8 Å². The second kappa shape index (κ2) is 30.8. The first-order chi connectivity index (χ1) is 33.5. The quantitative estimate of drug-likeness (QED) is 0.0520. The van der Waals surface area contributed by atoms with E-state index in [2.05, 4.69) is 36.9 Å². The number of thioether (sulfide) groups is 1. The van der Waals surface area contributed by atoms with Gasteiger partial charge in [-0.05, 0) is 71.4 Å². The van der Waals surface area contributed by atoms with Crippen LogP contribution in [0.3, 0.4) is 0 Å². The Morgan fingerprint density at radius 1 is 0.761 bits per heavy atom. The summed E-state index contributed by atoms with van der Waals surface area (Å²) in [5, 5.41) is 26.8. The maximum Gasteiger partial charge on any atom is 0.304 e. The van der Waals surface area contributed by atoms with Gasteiger partial charge in [0.15, 0.2) is 29.1 Å². The molecule has 71 heavy (non-hydrogen) atoms. The number of carbonyl (C=O) groups excluding carboxylic acids is 9. The number of unbranched alkanes of at least 4 members (excludes halogenated alkanes) is 1. The summed E-state index contributed by atoms with van der Waals surface area (Å²) in [6.07, 6.45) is -0.468. The molecule has 0 aromatic heterocycles. The van der Waals surface area contributed by atoms with Crippen molar-refractivity contribution in [3.8, 4) is 0 Å². The molecule has 2 aliphatic heterocycles. The lowest BCUT2D eigenvalue weighted by molar-refractivity contribution is -0.142. The highest BCUT2D eigenvalue weighted by molar-refractivity contribution is 8.76. The number of nitrogens with zero attached hydrogens (tertiary/aromatic N) is 1. The Hall–Kier alpha value is -5.00. The minimum atomic E-state index is -1.46. The summed E-state index contributed by atoms with van der Waals surface area (Å²) in [4.78, 5) is 142. The number of hydrogen-bond acceptors (Lipinski definition) is 15. The molecule has 1 aromatic carbocycles. The second-order valence-corrected chi connectivity index (χ2v) is 22.8. The third-order valence-corrected chi connectivity index (χ3v) is 15.1. The van der Waals surface area contributed by atoms with Crippen LogP contribution in [0.1, 0.15) is 98.0 Å². The van der Waals surface area contributed by atoms with Gasteiger partial charge in [-0.15, -0.1) is 11.8 Å². The van der Waals surface area contributed by atoms with Crippen molar-refractivity contribution in [2.75, 3.05) is 42.6 Å². The van der Waals surface area contributed by atoms with E-state index >= 15 is 0 Å². The number of amides is 5.